The van der Waals surface area contributed by atoms with Crippen molar-refractivity contribution in [1.29, 1.82) is 0 Å². The molecule has 196 valence electrons. The van der Waals surface area contributed by atoms with Gasteiger partial charge in [0, 0.05) is 56.0 Å². The second-order valence-electron chi connectivity index (χ2n) is 9.33. The van der Waals surface area contributed by atoms with Gasteiger partial charge in [0.1, 0.15) is 23.4 Å². The maximum Gasteiger partial charge on any atom is 0.256 e. The molecule has 10 heteroatoms. The molecule has 2 aliphatic rings. The Kier molecular flexibility index (Phi) is 7.15. The van der Waals surface area contributed by atoms with E-state index in [2.05, 4.69) is 10.3 Å². The second-order valence-corrected chi connectivity index (χ2v) is 9.33. The lowest BCUT2D eigenvalue weighted by atomic mass is 9.96. The molecule has 8 nitrogen and oxygen atoms in total. The van der Waals surface area contributed by atoms with Crippen LogP contribution in [0.5, 0.6) is 0 Å². The molecule has 0 saturated carbocycles. The van der Waals surface area contributed by atoms with Crippen molar-refractivity contribution in [2.45, 2.75) is 31.2 Å². The molecule has 0 bridgehead atoms. The summed E-state index contributed by atoms with van der Waals surface area (Å²) < 4.78 is 33.0. The minimum Gasteiger partial charge on any atom is -0.353 e. The molecule has 0 unspecified atom stereocenters. The lowest BCUT2D eigenvalue weighted by Crippen LogP contribution is -2.59. The van der Waals surface area contributed by atoms with Crippen molar-refractivity contribution in [3.63, 3.8) is 0 Å². The lowest BCUT2D eigenvalue weighted by molar-refractivity contribution is -0.128. The number of carbonyl (C=O) groups is 3. The third-order valence-corrected chi connectivity index (χ3v) is 6.99. The minimum absolute atomic E-state index is 0.0162. The highest BCUT2D eigenvalue weighted by Gasteiger charge is 2.54. The van der Waals surface area contributed by atoms with Crippen molar-refractivity contribution < 1.29 is 27.9 Å². The summed E-state index contributed by atoms with van der Waals surface area (Å²) in [6.07, 6.45) is 3.83. The monoisotopic (exact) mass is 520 g/mol. The summed E-state index contributed by atoms with van der Waals surface area (Å²) in [5, 5.41) is 2.85. The van der Waals surface area contributed by atoms with Gasteiger partial charge in [-0.2, -0.15) is 0 Å². The van der Waals surface area contributed by atoms with Gasteiger partial charge in [0.2, 0.25) is 5.91 Å². The normalized spacial score (nSPS) is 18.4. The topological polar surface area (TPSA) is 91.8 Å². The van der Waals surface area contributed by atoms with E-state index in [1.807, 2.05) is 6.07 Å². The van der Waals surface area contributed by atoms with Crippen LogP contribution in [-0.2, 0) is 16.1 Å². The predicted octanol–water partition coefficient (Wildman–Crippen LogP) is 3.15. The van der Waals surface area contributed by atoms with Crippen molar-refractivity contribution in [3.8, 4) is 0 Å². The first-order chi connectivity index (χ1) is 18.4. The second kappa shape index (κ2) is 10.7. The highest BCUT2D eigenvalue weighted by atomic mass is 19.1. The van der Waals surface area contributed by atoms with Gasteiger partial charge >= 0.3 is 0 Å². The van der Waals surface area contributed by atoms with E-state index in [-0.39, 0.29) is 56.5 Å². The van der Waals surface area contributed by atoms with Crippen LogP contribution in [-0.4, -0.2) is 64.0 Å². The molecule has 38 heavy (non-hydrogen) atoms. The molecule has 1 aromatic heterocycles. The van der Waals surface area contributed by atoms with Gasteiger partial charge < -0.3 is 15.0 Å². The molecule has 1 N–H and O–H groups in total. The number of nitrogens with zero attached hydrogens (tertiary/aromatic N) is 3. The Morgan fingerprint density at radius 3 is 2.11 bits per heavy atom. The first-order valence-electron chi connectivity index (χ1n) is 12.3. The molecule has 0 radical (unpaired) electrons. The number of hydrogen-bond donors (Lipinski definition) is 1. The van der Waals surface area contributed by atoms with Crippen LogP contribution in [0.1, 0.15) is 39.1 Å². The summed E-state index contributed by atoms with van der Waals surface area (Å²) in [6.45, 7) is 0.757. The zero-order chi connectivity index (χ0) is 26.7. The van der Waals surface area contributed by atoms with E-state index in [1.54, 1.807) is 23.4 Å². The Labute approximate surface area is 218 Å². The Bertz CT molecular complexity index is 1310. The fourth-order valence-electron chi connectivity index (χ4n) is 4.94. The molecule has 3 aromatic rings. The number of aromatic nitrogens is 1. The number of pyridine rings is 1. The van der Waals surface area contributed by atoms with Gasteiger partial charge in [-0.3, -0.25) is 24.3 Å². The Hall–Kier alpha value is -4.18. The maximum atomic E-state index is 13.7. The van der Waals surface area contributed by atoms with Gasteiger partial charge in [0.05, 0.1) is 6.61 Å². The van der Waals surface area contributed by atoms with Crippen LogP contribution in [0.4, 0.5) is 8.78 Å². The van der Waals surface area contributed by atoms with Crippen LogP contribution in [0.25, 0.3) is 0 Å². The summed E-state index contributed by atoms with van der Waals surface area (Å²) in [7, 11) is 0. The molecule has 2 saturated heterocycles. The van der Waals surface area contributed by atoms with Crippen molar-refractivity contribution >= 4 is 17.7 Å². The smallest absolute Gasteiger partial charge is 0.256 e. The molecule has 2 fully saturated rings. The number of piperidine rings is 1. The Morgan fingerprint density at radius 2 is 1.53 bits per heavy atom. The standard InChI is InChI=1S/C28H26F2N4O4/c29-22-7-3-20(4-8-22)26(36)33-14-11-28(12-15-33)34(27(37)21-5-9-23(30)10-6-21)24(18-38-28)25(35)32-17-19-2-1-13-31-16-19/h1-10,13,16,24H,11-12,14-15,17-18H2,(H,32,35)/t24-/m0/s1. The zero-order valence-electron chi connectivity index (χ0n) is 20.5. The van der Waals surface area contributed by atoms with Crippen LogP contribution in [0.15, 0.2) is 73.1 Å². The minimum atomic E-state index is -1.11. The summed E-state index contributed by atoms with van der Waals surface area (Å²) in [5.41, 5.74) is 0.285. The Morgan fingerprint density at radius 1 is 0.921 bits per heavy atom. The van der Waals surface area contributed by atoms with Gasteiger partial charge in [-0.1, -0.05) is 6.07 Å². The highest BCUT2D eigenvalue weighted by molar-refractivity contribution is 5.98. The van der Waals surface area contributed by atoms with E-state index in [9.17, 15) is 23.2 Å². The average Bonchev–Trinajstić information content (AvgIpc) is 3.31. The van der Waals surface area contributed by atoms with Gasteiger partial charge in [-0.15, -0.1) is 0 Å². The van der Waals surface area contributed by atoms with Crippen molar-refractivity contribution in [2.24, 2.45) is 0 Å². The van der Waals surface area contributed by atoms with E-state index in [0.29, 0.717) is 5.56 Å². The number of hydrogen-bond acceptors (Lipinski definition) is 5. The average molecular weight is 521 g/mol. The van der Waals surface area contributed by atoms with Crippen molar-refractivity contribution in [3.05, 3.63) is 101 Å². The molecular weight excluding hydrogens is 494 g/mol. The van der Waals surface area contributed by atoms with Gasteiger partial charge in [0.25, 0.3) is 11.8 Å². The third kappa shape index (κ3) is 5.12. The first kappa shape index (κ1) is 25.5. The van der Waals surface area contributed by atoms with Crippen LogP contribution in [0.3, 0.4) is 0 Å². The van der Waals surface area contributed by atoms with Gasteiger partial charge in [-0.25, -0.2) is 8.78 Å². The van der Waals surface area contributed by atoms with Crippen LogP contribution in [0, 0.1) is 11.6 Å². The number of nitrogens with one attached hydrogen (secondary N) is 1. The molecule has 0 aliphatic carbocycles. The molecule has 2 aliphatic heterocycles. The zero-order valence-corrected chi connectivity index (χ0v) is 20.5. The van der Waals surface area contributed by atoms with E-state index in [1.165, 1.54) is 53.4 Å². The number of benzene rings is 2. The van der Waals surface area contributed by atoms with E-state index in [0.717, 1.165) is 5.56 Å². The van der Waals surface area contributed by atoms with E-state index >= 15 is 0 Å². The third-order valence-electron chi connectivity index (χ3n) is 6.99. The number of rotatable bonds is 5. The number of halogens is 2. The van der Waals surface area contributed by atoms with Crippen LogP contribution in [0.2, 0.25) is 0 Å². The molecule has 3 heterocycles. The fourth-order valence-corrected chi connectivity index (χ4v) is 4.94. The predicted molar refractivity (Wildman–Crippen MR) is 133 cm³/mol. The molecule has 1 atom stereocenters. The summed E-state index contributed by atoms with van der Waals surface area (Å²) in [6, 6.07) is 13.1. The van der Waals surface area contributed by atoms with E-state index < -0.39 is 29.3 Å². The van der Waals surface area contributed by atoms with Crippen molar-refractivity contribution in [1.82, 2.24) is 20.1 Å². The lowest BCUT2D eigenvalue weighted by Gasteiger charge is -2.44. The quantitative estimate of drug-likeness (QED) is 0.558. The first-order valence-corrected chi connectivity index (χ1v) is 12.3. The largest absolute Gasteiger partial charge is 0.353 e. The fraction of sp³-hybridized carbons (Fsp3) is 0.286. The van der Waals surface area contributed by atoms with Crippen LogP contribution >= 0.6 is 0 Å². The SMILES string of the molecule is O=C(NCc1cccnc1)[C@@H]1COC2(CCN(C(=O)c3ccc(F)cc3)CC2)N1C(=O)c1ccc(F)cc1. The molecule has 3 amide bonds. The molecule has 2 aromatic carbocycles. The van der Waals surface area contributed by atoms with Crippen molar-refractivity contribution in [2.75, 3.05) is 19.7 Å². The Balaban J connectivity index is 1.36. The summed E-state index contributed by atoms with van der Waals surface area (Å²) in [5.74, 6) is -2.00. The maximum absolute atomic E-state index is 13.7. The highest BCUT2D eigenvalue weighted by Crippen LogP contribution is 2.39. The molecule has 5 rings (SSSR count). The molecular formula is C28H26F2N4O4. The van der Waals surface area contributed by atoms with Gasteiger partial charge in [-0.05, 0) is 60.2 Å². The summed E-state index contributed by atoms with van der Waals surface area (Å²) in [4.78, 5) is 47.0. The summed E-state index contributed by atoms with van der Waals surface area (Å²) >= 11 is 0. The number of ether oxygens (including phenoxy) is 1. The number of carbonyl (C=O) groups excluding carboxylic acids is 3. The van der Waals surface area contributed by atoms with Crippen LogP contribution < -0.4 is 5.32 Å². The molecule has 1 spiro atoms. The number of likely N-dealkylation sites (tertiary alicyclic amines) is 1. The number of amides is 3. The van der Waals surface area contributed by atoms with Gasteiger partial charge in [0.15, 0.2) is 0 Å². The van der Waals surface area contributed by atoms with E-state index in [4.69, 9.17) is 4.74 Å².